The number of carbonyl (C=O) groups excluding carboxylic acids is 2. The molecule has 0 saturated carbocycles. The van der Waals surface area contributed by atoms with Crippen molar-refractivity contribution in [2.24, 2.45) is 5.41 Å². The van der Waals surface area contributed by atoms with Crippen molar-refractivity contribution < 1.29 is 14.3 Å². The predicted molar refractivity (Wildman–Crippen MR) is 112 cm³/mol. The number of hydrogen-bond donors (Lipinski definition) is 1. The highest BCUT2D eigenvalue weighted by atomic mass is 32.1. The minimum Gasteiger partial charge on any atom is -0.462 e. The number of aryl methyl sites for hydroxylation is 1. The average molecular weight is 388 g/mol. The van der Waals surface area contributed by atoms with Crippen molar-refractivity contribution in [2.75, 3.05) is 11.9 Å². The molecule has 0 bridgehead atoms. The molecular formula is C22H29NO3S. The number of esters is 1. The third-order valence-corrected chi connectivity index (χ3v) is 5.47. The van der Waals surface area contributed by atoms with Gasteiger partial charge < -0.3 is 10.1 Å². The Labute approximate surface area is 165 Å². The Bertz CT molecular complexity index is 800. The van der Waals surface area contributed by atoms with E-state index in [0.717, 1.165) is 16.9 Å². The first kappa shape index (κ1) is 21.2. The number of nitrogens with one attached hydrogen (secondary N) is 1. The number of ether oxygens (including phenoxy) is 1. The summed E-state index contributed by atoms with van der Waals surface area (Å²) in [4.78, 5) is 26.1. The van der Waals surface area contributed by atoms with Gasteiger partial charge in [-0.1, -0.05) is 45.4 Å². The zero-order valence-electron chi connectivity index (χ0n) is 17.0. The molecule has 0 radical (unpaired) electrons. The van der Waals surface area contributed by atoms with Crippen LogP contribution in [-0.2, 0) is 4.74 Å². The number of hydrogen-bond acceptors (Lipinski definition) is 4. The van der Waals surface area contributed by atoms with Crippen molar-refractivity contribution in [3.8, 4) is 0 Å². The van der Waals surface area contributed by atoms with E-state index in [1.807, 2.05) is 25.1 Å². The first-order valence-electron chi connectivity index (χ1n) is 9.29. The van der Waals surface area contributed by atoms with Crippen LogP contribution in [0.1, 0.15) is 78.1 Å². The van der Waals surface area contributed by atoms with E-state index in [-0.39, 0.29) is 17.2 Å². The second kappa shape index (κ2) is 8.70. The van der Waals surface area contributed by atoms with E-state index in [2.05, 4.69) is 33.0 Å². The number of carbonyl (C=O) groups is 2. The molecule has 0 aliphatic heterocycles. The Hall–Kier alpha value is -2.14. The van der Waals surface area contributed by atoms with Gasteiger partial charge in [-0.2, -0.15) is 0 Å². The fraction of sp³-hybridized carbons (Fsp3) is 0.455. The predicted octanol–water partition coefficient (Wildman–Crippen LogP) is 6.03. The molecular weight excluding hydrogens is 358 g/mol. The van der Waals surface area contributed by atoms with Crippen LogP contribution < -0.4 is 5.32 Å². The van der Waals surface area contributed by atoms with Crippen LogP contribution in [0.15, 0.2) is 30.3 Å². The maximum absolute atomic E-state index is 12.6. The van der Waals surface area contributed by atoms with Crippen LogP contribution in [0, 0.1) is 12.3 Å². The second-order valence-corrected chi connectivity index (χ2v) is 9.18. The minimum atomic E-state index is -0.401. The lowest BCUT2D eigenvalue weighted by atomic mass is 9.85. The summed E-state index contributed by atoms with van der Waals surface area (Å²) in [6, 6.07) is 9.22. The fourth-order valence-electron chi connectivity index (χ4n) is 3.01. The van der Waals surface area contributed by atoms with Crippen molar-refractivity contribution in [2.45, 2.75) is 53.9 Å². The monoisotopic (exact) mass is 387 g/mol. The molecule has 0 aliphatic carbocycles. The SMILES string of the molecule is CCOC(=O)c1cc([C@H](C)CC(C)(C)C)sc1NC(=O)c1ccc(C)cc1. The van der Waals surface area contributed by atoms with Gasteiger partial charge in [0.2, 0.25) is 0 Å². The third kappa shape index (κ3) is 5.93. The molecule has 2 rings (SSSR count). The van der Waals surface area contributed by atoms with E-state index in [9.17, 15) is 9.59 Å². The molecule has 0 fully saturated rings. The molecule has 0 unspecified atom stereocenters. The highest BCUT2D eigenvalue weighted by Crippen LogP contribution is 2.38. The molecule has 5 heteroatoms. The van der Waals surface area contributed by atoms with Gasteiger partial charge in [-0.25, -0.2) is 4.79 Å². The number of rotatable bonds is 6. The maximum Gasteiger partial charge on any atom is 0.341 e. The largest absolute Gasteiger partial charge is 0.462 e. The van der Waals surface area contributed by atoms with Crippen molar-refractivity contribution in [1.29, 1.82) is 0 Å². The van der Waals surface area contributed by atoms with Crippen LogP contribution >= 0.6 is 11.3 Å². The molecule has 1 N–H and O–H groups in total. The number of anilines is 1. The number of thiophene rings is 1. The molecule has 0 saturated heterocycles. The Kier molecular flexibility index (Phi) is 6.82. The molecule has 2 aromatic rings. The average Bonchev–Trinajstić information content (AvgIpc) is 2.98. The summed E-state index contributed by atoms with van der Waals surface area (Å²) in [5.74, 6) is -0.340. The second-order valence-electron chi connectivity index (χ2n) is 8.10. The quantitative estimate of drug-likeness (QED) is 0.616. The normalized spacial score (nSPS) is 12.5. The van der Waals surface area contributed by atoms with Gasteiger partial charge in [0.1, 0.15) is 5.00 Å². The van der Waals surface area contributed by atoms with Crippen LogP contribution in [0.5, 0.6) is 0 Å². The highest BCUT2D eigenvalue weighted by molar-refractivity contribution is 7.16. The van der Waals surface area contributed by atoms with Crippen LogP contribution in [0.2, 0.25) is 0 Å². The van der Waals surface area contributed by atoms with Crippen molar-refractivity contribution in [3.63, 3.8) is 0 Å². The summed E-state index contributed by atoms with van der Waals surface area (Å²) in [5, 5.41) is 3.45. The Morgan fingerprint density at radius 1 is 1.19 bits per heavy atom. The molecule has 146 valence electrons. The van der Waals surface area contributed by atoms with Gasteiger partial charge in [-0.05, 0) is 49.8 Å². The van der Waals surface area contributed by atoms with Gasteiger partial charge >= 0.3 is 5.97 Å². The van der Waals surface area contributed by atoms with Crippen LogP contribution in [-0.4, -0.2) is 18.5 Å². The third-order valence-electron chi connectivity index (χ3n) is 4.19. The van der Waals surface area contributed by atoms with E-state index >= 15 is 0 Å². The van der Waals surface area contributed by atoms with E-state index in [0.29, 0.717) is 22.7 Å². The van der Waals surface area contributed by atoms with Crippen molar-refractivity contribution in [3.05, 3.63) is 51.9 Å². The molecule has 0 aliphatic rings. The standard InChI is InChI=1S/C22H29NO3S/c1-7-26-21(25)17-12-18(15(3)13-22(4,5)6)27-20(17)23-19(24)16-10-8-14(2)9-11-16/h8-12,15H,7,13H2,1-6H3,(H,23,24)/t15-/m1/s1. The molecule has 27 heavy (non-hydrogen) atoms. The molecule has 4 nitrogen and oxygen atoms in total. The summed E-state index contributed by atoms with van der Waals surface area (Å²) in [7, 11) is 0. The molecule has 1 aromatic carbocycles. The van der Waals surface area contributed by atoms with Gasteiger partial charge in [0.25, 0.3) is 5.91 Å². The zero-order chi connectivity index (χ0) is 20.2. The smallest absolute Gasteiger partial charge is 0.341 e. The topological polar surface area (TPSA) is 55.4 Å². The molecule has 1 heterocycles. The van der Waals surface area contributed by atoms with E-state index < -0.39 is 5.97 Å². The minimum absolute atomic E-state index is 0.179. The summed E-state index contributed by atoms with van der Waals surface area (Å²) in [6.07, 6.45) is 0.987. The first-order chi connectivity index (χ1) is 12.6. The lowest BCUT2D eigenvalue weighted by Gasteiger charge is -2.22. The fourth-order valence-corrected chi connectivity index (χ4v) is 4.10. The molecule has 0 spiro atoms. The van der Waals surface area contributed by atoms with Gasteiger partial charge in [-0.3, -0.25) is 4.79 Å². The molecule has 1 atom stereocenters. The zero-order valence-corrected chi connectivity index (χ0v) is 17.8. The first-order valence-corrected chi connectivity index (χ1v) is 10.1. The van der Waals surface area contributed by atoms with Crippen LogP contribution in [0.4, 0.5) is 5.00 Å². The van der Waals surface area contributed by atoms with Crippen molar-refractivity contribution in [1.82, 2.24) is 0 Å². The summed E-state index contributed by atoms with van der Waals surface area (Å²) in [5.41, 5.74) is 2.26. The van der Waals surface area contributed by atoms with Gasteiger partial charge in [0.05, 0.1) is 12.2 Å². The Balaban J connectivity index is 2.30. The van der Waals surface area contributed by atoms with Crippen LogP contribution in [0.3, 0.4) is 0 Å². The Morgan fingerprint density at radius 2 is 1.81 bits per heavy atom. The van der Waals surface area contributed by atoms with Crippen molar-refractivity contribution >= 4 is 28.2 Å². The summed E-state index contributed by atoms with van der Waals surface area (Å²) < 4.78 is 5.18. The Morgan fingerprint density at radius 3 is 2.37 bits per heavy atom. The highest BCUT2D eigenvalue weighted by Gasteiger charge is 2.24. The summed E-state index contributed by atoms with van der Waals surface area (Å²) >= 11 is 1.46. The van der Waals surface area contributed by atoms with Gasteiger partial charge in [0, 0.05) is 10.4 Å². The van der Waals surface area contributed by atoms with E-state index in [1.165, 1.54) is 11.3 Å². The van der Waals surface area contributed by atoms with Crippen LogP contribution in [0.25, 0.3) is 0 Å². The molecule has 1 amide bonds. The van der Waals surface area contributed by atoms with Gasteiger partial charge in [-0.15, -0.1) is 11.3 Å². The van der Waals surface area contributed by atoms with Gasteiger partial charge in [0.15, 0.2) is 0 Å². The summed E-state index contributed by atoms with van der Waals surface area (Å²) in [6.45, 7) is 12.8. The number of amides is 1. The molecule has 1 aromatic heterocycles. The number of benzene rings is 1. The lowest BCUT2D eigenvalue weighted by Crippen LogP contribution is -2.14. The van der Waals surface area contributed by atoms with E-state index in [4.69, 9.17) is 4.74 Å². The maximum atomic E-state index is 12.6. The lowest BCUT2D eigenvalue weighted by molar-refractivity contribution is 0.0528. The van der Waals surface area contributed by atoms with E-state index in [1.54, 1.807) is 19.1 Å².